The highest BCUT2D eigenvalue weighted by molar-refractivity contribution is 5.98. The van der Waals surface area contributed by atoms with Crippen molar-refractivity contribution in [3.63, 3.8) is 0 Å². The number of nitrogens with zero attached hydrogens (tertiary/aromatic N) is 3. The zero-order valence-electron chi connectivity index (χ0n) is 24.1. The Labute approximate surface area is 241 Å². The van der Waals surface area contributed by atoms with Crippen molar-refractivity contribution >= 4 is 17.8 Å². The lowest BCUT2D eigenvalue weighted by Crippen LogP contribution is -2.42. The third kappa shape index (κ3) is 8.33. The summed E-state index contributed by atoms with van der Waals surface area (Å²) < 4.78 is 12.4. The molecule has 1 aromatic heterocycles. The number of rotatable bonds is 11. The van der Waals surface area contributed by atoms with E-state index >= 15 is 0 Å². The molecule has 0 saturated heterocycles. The Kier molecular flexibility index (Phi) is 10.4. The van der Waals surface area contributed by atoms with Gasteiger partial charge in [-0.25, -0.2) is 4.99 Å². The van der Waals surface area contributed by atoms with E-state index < -0.39 is 6.04 Å². The molecule has 1 aliphatic rings. The summed E-state index contributed by atoms with van der Waals surface area (Å²) in [6, 6.07) is 14.5. The number of aryl methyl sites for hydroxylation is 1. The first-order valence-electron chi connectivity index (χ1n) is 14.0. The van der Waals surface area contributed by atoms with E-state index in [0.29, 0.717) is 30.4 Å². The average molecular weight is 561 g/mol. The SMILES string of the molecule is COc1ccc(CC(=O)NC(N)=NC(CC2CCCCC2)C(=O)NCc2cccc(-c3ccnn3C)c2)cc1OC. The number of methoxy groups -OCH3 is 2. The molecule has 4 N–H and O–H groups in total. The van der Waals surface area contributed by atoms with E-state index in [1.807, 2.05) is 42.1 Å². The lowest BCUT2D eigenvalue weighted by atomic mass is 9.84. The molecule has 2 aromatic carbocycles. The summed E-state index contributed by atoms with van der Waals surface area (Å²) in [5.74, 6) is 0.907. The quantitative estimate of drug-likeness (QED) is 0.242. The maximum Gasteiger partial charge on any atom is 0.245 e. The van der Waals surface area contributed by atoms with E-state index in [2.05, 4.69) is 20.7 Å². The van der Waals surface area contributed by atoms with Crippen molar-refractivity contribution in [1.29, 1.82) is 0 Å². The van der Waals surface area contributed by atoms with Crippen LogP contribution in [0.25, 0.3) is 11.3 Å². The van der Waals surface area contributed by atoms with Crippen molar-refractivity contribution in [2.24, 2.45) is 23.7 Å². The van der Waals surface area contributed by atoms with Gasteiger partial charge in [-0.3, -0.25) is 19.6 Å². The van der Waals surface area contributed by atoms with Crippen molar-refractivity contribution in [2.75, 3.05) is 14.2 Å². The minimum atomic E-state index is -0.695. The van der Waals surface area contributed by atoms with Gasteiger partial charge in [0.05, 0.1) is 26.3 Å². The Hall–Kier alpha value is -4.34. The molecule has 41 heavy (non-hydrogen) atoms. The number of aromatic nitrogens is 2. The van der Waals surface area contributed by atoms with Crippen LogP contribution in [0.5, 0.6) is 11.5 Å². The van der Waals surface area contributed by atoms with Gasteiger partial charge in [-0.05, 0) is 47.7 Å². The predicted octanol–water partition coefficient (Wildman–Crippen LogP) is 3.73. The average Bonchev–Trinajstić information content (AvgIpc) is 3.41. The highest BCUT2D eigenvalue weighted by atomic mass is 16.5. The first kappa shape index (κ1) is 29.6. The molecular weight excluding hydrogens is 520 g/mol. The summed E-state index contributed by atoms with van der Waals surface area (Å²) in [5.41, 5.74) is 9.87. The number of hydrogen-bond acceptors (Lipinski definition) is 6. The van der Waals surface area contributed by atoms with Crippen molar-refractivity contribution in [1.82, 2.24) is 20.4 Å². The largest absolute Gasteiger partial charge is 0.493 e. The van der Waals surface area contributed by atoms with Crippen molar-refractivity contribution in [3.8, 4) is 22.8 Å². The lowest BCUT2D eigenvalue weighted by Gasteiger charge is -2.24. The van der Waals surface area contributed by atoms with Gasteiger partial charge in [0.15, 0.2) is 17.5 Å². The Bertz CT molecular complexity index is 1360. The fourth-order valence-electron chi connectivity index (χ4n) is 5.32. The van der Waals surface area contributed by atoms with E-state index in [0.717, 1.165) is 48.1 Å². The van der Waals surface area contributed by atoms with Gasteiger partial charge in [-0.1, -0.05) is 56.4 Å². The minimum Gasteiger partial charge on any atom is -0.493 e. The number of carbonyl (C=O) groups is 2. The third-order valence-electron chi connectivity index (χ3n) is 7.47. The molecule has 10 nitrogen and oxygen atoms in total. The highest BCUT2D eigenvalue weighted by Gasteiger charge is 2.25. The number of aliphatic imine (C=N–C) groups is 1. The second-order valence-corrected chi connectivity index (χ2v) is 10.4. The molecule has 0 spiro atoms. The van der Waals surface area contributed by atoms with Crippen LogP contribution in [0.2, 0.25) is 0 Å². The maximum atomic E-state index is 13.4. The van der Waals surface area contributed by atoms with Crippen LogP contribution >= 0.6 is 0 Å². The van der Waals surface area contributed by atoms with Crippen LogP contribution in [0.1, 0.15) is 49.7 Å². The Morgan fingerprint density at radius 2 is 1.83 bits per heavy atom. The predicted molar refractivity (Wildman–Crippen MR) is 158 cm³/mol. The van der Waals surface area contributed by atoms with Gasteiger partial charge >= 0.3 is 0 Å². The Balaban J connectivity index is 1.41. The molecule has 1 saturated carbocycles. The van der Waals surface area contributed by atoms with Crippen LogP contribution in [0.4, 0.5) is 0 Å². The van der Waals surface area contributed by atoms with Crippen LogP contribution in [0.3, 0.4) is 0 Å². The number of benzene rings is 2. The van der Waals surface area contributed by atoms with E-state index in [4.69, 9.17) is 15.2 Å². The molecule has 1 heterocycles. The summed E-state index contributed by atoms with van der Waals surface area (Å²) in [7, 11) is 5.00. The van der Waals surface area contributed by atoms with E-state index in [-0.39, 0.29) is 24.2 Å². The number of carbonyl (C=O) groups excluding carboxylic acids is 2. The molecule has 0 bridgehead atoms. The van der Waals surface area contributed by atoms with Crippen molar-refractivity contribution in [3.05, 3.63) is 65.9 Å². The van der Waals surface area contributed by atoms with E-state index in [1.54, 1.807) is 38.6 Å². The molecular formula is C31H40N6O4. The number of nitrogens with two attached hydrogens (primary N) is 1. The van der Waals surface area contributed by atoms with Gasteiger partial charge in [-0.2, -0.15) is 5.10 Å². The van der Waals surface area contributed by atoms with Gasteiger partial charge in [0, 0.05) is 25.4 Å². The fourth-order valence-corrected chi connectivity index (χ4v) is 5.32. The number of ether oxygens (including phenoxy) is 2. The summed E-state index contributed by atoms with van der Waals surface area (Å²) in [5, 5.41) is 9.92. The fraction of sp³-hybridized carbons (Fsp3) is 0.419. The van der Waals surface area contributed by atoms with Crippen LogP contribution in [-0.4, -0.2) is 47.8 Å². The van der Waals surface area contributed by atoms with Crippen molar-refractivity contribution in [2.45, 2.75) is 57.5 Å². The van der Waals surface area contributed by atoms with E-state index in [9.17, 15) is 9.59 Å². The maximum absolute atomic E-state index is 13.4. The summed E-state index contributed by atoms with van der Waals surface area (Å²) in [6.45, 7) is 0.354. The second kappa shape index (κ2) is 14.3. The van der Waals surface area contributed by atoms with Gasteiger partial charge in [0.25, 0.3) is 0 Å². The molecule has 4 rings (SSSR count). The number of nitrogens with one attached hydrogen (secondary N) is 2. The molecule has 1 unspecified atom stereocenters. The Morgan fingerprint density at radius 3 is 2.54 bits per heavy atom. The number of guanidine groups is 1. The topological polar surface area (TPSA) is 133 Å². The number of amides is 2. The van der Waals surface area contributed by atoms with Gasteiger partial charge in [-0.15, -0.1) is 0 Å². The first-order chi connectivity index (χ1) is 19.9. The molecule has 1 fully saturated rings. The number of hydrogen-bond donors (Lipinski definition) is 3. The molecule has 0 aliphatic heterocycles. The smallest absolute Gasteiger partial charge is 0.245 e. The molecule has 1 atom stereocenters. The Morgan fingerprint density at radius 1 is 1.05 bits per heavy atom. The zero-order valence-corrected chi connectivity index (χ0v) is 24.1. The third-order valence-corrected chi connectivity index (χ3v) is 7.47. The van der Waals surface area contributed by atoms with Crippen molar-refractivity contribution < 1.29 is 19.1 Å². The van der Waals surface area contributed by atoms with E-state index in [1.165, 1.54) is 6.42 Å². The second-order valence-electron chi connectivity index (χ2n) is 10.4. The summed E-state index contributed by atoms with van der Waals surface area (Å²) >= 11 is 0. The minimum absolute atomic E-state index is 0.0651. The van der Waals surface area contributed by atoms with Crippen LogP contribution < -0.4 is 25.8 Å². The highest BCUT2D eigenvalue weighted by Crippen LogP contribution is 2.29. The monoisotopic (exact) mass is 560 g/mol. The van der Waals surface area contributed by atoms with Crippen LogP contribution in [-0.2, 0) is 29.6 Å². The lowest BCUT2D eigenvalue weighted by molar-refractivity contribution is -0.123. The first-order valence-corrected chi connectivity index (χ1v) is 14.0. The van der Waals surface area contributed by atoms with Gasteiger partial charge in [0.1, 0.15) is 6.04 Å². The van der Waals surface area contributed by atoms with Crippen LogP contribution in [0.15, 0.2) is 59.7 Å². The molecule has 1 aliphatic carbocycles. The molecule has 3 aromatic rings. The summed E-state index contributed by atoms with van der Waals surface area (Å²) in [6.07, 6.45) is 8.08. The normalized spacial score (nSPS) is 14.8. The van der Waals surface area contributed by atoms with Crippen LogP contribution in [0, 0.1) is 5.92 Å². The van der Waals surface area contributed by atoms with Gasteiger partial charge < -0.3 is 20.5 Å². The zero-order chi connectivity index (χ0) is 29.2. The summed E-state index contributed by atoms with van der Waals surface area (Å²) in [4.78, 5) is 30.6. The molecule has 218 valence electrons. The van der Waals surface area contributed by atoms with Gasteiger partial charge in [0.2, 0.25) is 11.8 Å². The molecule has 10 heteroatoms. The standard InChI is InChI=1S/C31H40N6O4/c1-37-26(14-15-34-37)24-11-7-10-23(16-24)20-33-30(39)25(17-21-8-5-4-6-9-21)35-31(32)36-29(38)19-22-12-13-27(40-2)28(18-22)41-3/h7,10-16,18,21,25H,4-6,8-9,17,19-20H2,1-3H3,(H,33,39)(H3,32,35,36,38). The molecule has 0 radical (unpaired) electrons. The molecule has 2 amide bonds.